The van der Waals surface area contributed by atoms with Gasteiger partial charge in [0, 0.05) is 25.5 Å². The number of ether oxygens (including phenoxy) is 1. The molecule has 1 aromatic heterocycles. The predicted octanol–water partition coefficient (Wildman–Crippen LogP) is 1.88. The fourth-order valence-corrected chi connectivity index (χ4v) is 2.68. The third-order valence-corrected chi connectivity index (χ3v) is 3.99. The molecular weight excluding hydrogens is 292 g/mol. The van der Waals surface area contributed by atoms with E-state index < -0.39 is 0 Å². The Hall–Kier alpha value is -2.47. The van der Waals surface area contributed by atoms with Crippen LogP contribution in [0, 0.1) is 0 Å². The SMILES string of the molecule is Nc1nccnc1C(=O)N1CCC(OCc2ccccc2)CC1. The van der Waals surface area contributed by atoms with Crippen molar-refractivity contribution in [2.45, 2.75) is 25.6 Å². The molecule has 0 saturated carbocycles. The number of amides is 1. The van der Waals surface area contributed by atoms with Gasteiger partial charge >= 0.3 is 0 Å². The molecule has 1 amide bonds. The second-order valence-electron chi connectivity index (χ2n) is 5.58. The Balaban J connectivity index is 1.50. The van der Waals surface area contributed by atoms with Crippen molar-refractivity contribution in [3.05, 3.63) is 54.0 Å². The maximum Gasteiger partial charge on any atom is 0.276 e. The summed E-state index contributed by atoms with van der Waals surface area (Å²) in [5, 5.41) is 0. The van der Waals surface area contributed by atoms with Crippen LogP contribution < -0.4 is 5.73 Å². The minimum Gasteiger partial charge on any atom is -0.382 e. The number of carbonyl (C=O) groups excluding carboxylic acids is 1. The smallest absolute Gasteiger partial charge is 0.276 e. The fourth-order valence-electron chi connectivity index (χ4n) is 2.68. The number of nitrogens with two attached hydrogens (primary N) is 1. The molecule has 1 aliphatic rings. The molecule has 6 nitrogen and oxygen atoms in total. The number of aromatic nitrogens is 2. The van der Waals surface area contributed by atoms with E-state index in [4.69, 9.17) is 10.5 Å². The zero-order valence-corrected chi connectivity index (χ0v) is 12.9. The monoisotopic (exact) mass is 312 g/mol. The molecule has 23 heavy (non-hydrogen) atoms. The third-order valence-electron chi connectivity index (χ3n) is 3.99. The highest BCUT2D eigenvalue weighted by Gasteiger charge is 2.26. The first-order valence-electron chi connectivity index (χ1n) is 7.75. The first-order chi connectivity index (χ1) is 11.2. The number of nitrogens with zero attached hydrogens (tertiary/aromatic N) is 3. The van der Waals surface area contributed by atoms with Crippen LogP contribution in [0.3, 0.4) is 0 Å². The van der Waals surface area contributed by atoms with Crippen molar-refractivity contribution in [1.82, 2.24) is 14.9 Å². The molecule has 3 rings (SSSR count). The van der Waals surface area contributed by atoms with Gasteiger partial charge in [-0.05, 0) is 18.4 Å². The predicted molar refractivity (Wildman–Crippen MR) is 86.6 cm³/mol. The lowest BCUT2D eigenvalue weighted by atomic mass is 10.1. The molecule has 2 heterocycles. The van der Waals surface area contributed by atoms with Crippen LogP contribution in [-0.4, -0.2) is 40.0 Å². The van der Waals surface area contributed by atoms with Crippen molar-refractivity contribution in [1.29, 1.82) is 0 Å². The average Bonchev–Trinajstić information content (AvgIpc) is 2.61. The number of hydrogen-bond acceptors (Lipinski definition) is 5. The summed E-state index contributed by atoms with van der Waals surface area (Å²) in [4.78, 5) is 22.1. The molecule has 1 fully saturated rings. The number of benzene rings is 1. The fraction of sp³-hybridized carbons (Fsp3) is 0.353. The topological polar surface area (TPSA) is 81.3 Å². The Bertz CT molecular complexity index is 655. The van der Waals surface area contributed by atoms with E-state index in [0.29, 0.717) is 19.7 Å². The number of anilines is 1. The van der Waals surface area contributed by atoms with Crippen LogP contribution in [0.25, 0.3) is 0 Å². The van der Waals surface area contributed by atoms with E-state index in [1.807, 2.05) is 18.2 Å². The van der Waals surface area contributed by atoms with E-state index in [0.717, 1.165) is 12.8 Å². The van der Waals surface area contributed by atoms with Crippen molar-refractivity contribution >= 4 is 11.7 Å². The maximum absolute atomic E-state index is 12.4. The van der Waals surface area contributed by atoms with Crippen molar-refractivity contribution in [2.24, 2.45) is 0 Å². The van der Waals surface area contributed by atoms with Gasteiger partial charge in [0.15, 0.2) is 11.5 Å². The number of carbonyl (C=O) groups is 1. The van der Waals surface area contributed by atoms with Gasteiger partial charge in [-0.15, -0.1) is 0 Å². The maximum atomic E-state index is 12.4. The van der Waals surface area contributed by atoms with Gasteiger partial charge in [0.25, 0.3) is 5.91 Å². The Morgan fingerprint density at radius 1 is 1.17 bits per heavy atom. The molecule has 0 atom stereocenters. The van der Waals surface area contributed by atoms with Crippen LogP contribution in [0.5, 0.6) is 0 Å². The zero-order valence-electron chi connectivity index (χ0n) is 12.9. The summed E-state index contributed by atoms with van der Waals surface area (Å²) >= 11 is 0. The molecular formula is C17H20N4O2. The van der Waals surface area contributed by atoms with E-state index in [9.17, 15) is 4.79 Å². The number of nitrogen functional groups attached to an aromatic ring is 1. The molecule has 0 spiro atoms. The Kier molecular flexibility index (Phi) is 4.83. The molecule has 0 unspecified atom stereocenters. The Morgan fingerprint density at radius 2 is 1.87 bits per heavy atom. The molecule has 0 bridgehead atoms. The quantitative estimate of drug-likeness (QED) is 0.932. The van der Waals surface area contributed by atoms with E-state index in [1.165, 1.54) is 18.0 Å². The molecule has 6 heteroatoms. The molecule has 2 aromatic rings. The first kappa shape index (κ1) is 15.4. The molecule has 0 aliphatic carbocycles. The minimum absolute atomic E-state index is 0.155. The molecule has 2 N–H and O–H groups in total. The van der Waals surface area contributed by atoms with Crippen LogP contribution in [-0.2, 0) is 11.3 Å². The van der Waals surface area contributed by atoms with Crippen LogP contribution >= 0.6 is 0 Å². The second-order valence-corrected chi connectivity index (χ2v) is 5.58. The van der Waals surface area contributed by atoms with Gasteiger partial charge in [0.1, 0.15) is 0 Å². The Labute approximate surface area is 135 Å². The second kappa shape index (κ2) is 7.19. The van der Waals surface area contributed by atoms with Crippen molar-refractivity contribution in [3.8, 4) is 0 Å². The highest BCUT2D eigenvalue weighted by molar-refractivity contribution is 5.96. The van der Waals surface area contributed by atoms with Crippen LogP contribution in [0.1, 0.15) is 28.9 Å². The lowest BCUT2D eigenvalue weighted by Gasteiger charge is -2.31. The number of hydrogen-bond donors (Lipinski definition) is 1. The number of likely N-dealkylation sites (tertiary alicyclic amines) is 1. The summed E-state index contributed by atoms with van der Waals surface area (Å²) in [7, 11) is 0. The minimum atomic E-state index is -0.155. The van der Waals surface area contributed by atoms with Gasteiger partial charge in [-0.2, -0.15) is 0 Å². The summed E-state index contributed by atoms with van der Waals surface area (Å²) in [6, 6.07) is 10.1. The summed E-state index contributed by atoms with van der Waals surface area (Å²) in [6.07, 6.45) is 4.78. The van der Waals surface area contributed by atoms with E-state index in [-0.39, 0.29) is 23.5 Å². The third kappa shape index (κ3) is 3.84. The van der Waals surface area contributed by atoms with Crippen LogP contribution in [0.15, 0.2) is 42.7 Å². The van der Waals surface area contributed by atoms with Gasteiger partial charge < -0.3 is 15.4 Å². The molecule has 0 radical (unpaired) electrons. The van der Waals surface area contributed by atoms with Gasteiger partial charge in [0.2, 0.25) is 0 Å². The largest absolute Gasteiger partial charge is 0.382 e. The van der Waals surface area contributed by atoms with Crippen LogP contribution in [0.4, 0.5) is 5.82 Å². The van der Waals surface area contributed by atoms with Crippen LogP contribution in [0.2, 0.25) is 0 Å². The average molecular weight is 312 g/mol. The van der Waals surface area contributed by atoms with Gasteiger partial charge in [-0.25, -0.2) is 9.97 Å². The summed E-state index contributed by atoms with van der Waals surface area (Å²) < 4.78 is 5.94. The number of piperidine rings is 1. The summed E-state index contributed by atoms with van der Waals surface area (Å²) in [5.41, 5.74) is 7.12. The van der Waals surface area contributed by atoms with Gasteiger partial charge in [-0.3, -0.25) is 4.79 Å². The van der Waals surface area contributed by atoms with E-state index >= 15 is 0 Å². The normalized spacial score (nSPS) is 15.6. The van der Waals surface area contributed by atoms with Crippen molar-refractivity contribution in [3.63, 3.8) is 0 Å². The molecule has 1 aromatic carbocycles. The van der Waals surface area contributed by atoms with Gasteiger partial charge in [-0.1, -0.05) is 30.3 Å². The summed E-state index contributed by atoms with van der Waals surface area (Å²) in [5.74, 6) is 0.0251. The standard InChI is InChI=1S/C17H20N4O2/c18-16-15(19-8-9-20-16)17(22)21-10-6-14(7-11-21)23-12-13-4-2-1-3-5-13/h1-5,8-9,14H,6-7,10-12H2,(H2,18,20). The number of rotatable bonds is 4. The van der Waals surface area contributed by atoms with Crippen molar-refractivity contribution < 1.29 is 9.53 Å². The first-order valence-corrected chi connectivity index (χ1v) is 7.75. The lowest BCUT2D eigenvalue weighted by molar-refractivity contribution is -0.000488. The van der Waals surface area contributed by atoms with Crippen molar-refractivity contribution in [2.75, 3.05) is 18.8 Å². The molecule has 120 valence electrons. The van der Waals surface area contributed by atoms with Gasteiger partial charge in [0.05, 0.1) is 12.7 Å². The molecule has 1 saturated heterocycles. The highest BCUT2D eigenvalue weighted by atomic mass is 16.5. The molecule has 1 aliphatic heterocycles. The summed E-state index contributed by atoms with van der Waals surface area (Å²) in [6.45, 7) is 1.90. The lowest BCUT2D eigenvalue weighted by Crippen LogP contribution is -2.41. The highest BCUT2D eigenvalue weighted by Crippen LogP contribution is 2.18. The van der Waals surface area contributed by atoms with E-state index in [1.54, 1.807) is 4.90 Å². The van der Waals surface area contributed by atoms with E-state index in [2.05, 4.69) is 22.1 Å². The Morgan fingerprint density at radius 3 is 2.57 bits per heavy atom. The zero-order chi connectivity index (χ0) is 16.1.